The highest BCUT2D eigenvalue weighted by molar-refractivity contribution is 5.94. The predicted molar refractivity (Wildman–Crippen MR) is 78.3 cm³/mol. The van der Waals surface area contributed by atoms with E-state index in [9.17, 15) is 5.11 Å². The first-order valence-corrected chi connectivity index (χ1v) is 6.61. The van der Waals surface area contributed by atoms with Crippen LogP contribution in [0.2, 0.25) is 0 Å². The molecular formula is C13H18N6O. The van der Waals surface area contributed by atoms with Gasteiger partial charge in [-0.2, -0.15) is 15.1 Å². The van der Waals surface area contributed by atoms with E-state index in [2.05, 4.69) is 26.7 Å². The fourth-order valence-corrected chi connectivity index (χ4v) is 2.72. The highest BCUT2D eigenvalue weighted by Gasteiger charge is 2.30. The van der Waals surface area contributed by atoms with Crippen LogP contribution in [0.1, 0.15) is 25.5 Å². The second kappa shape index (κ2) is 4.45. The molecule has 7 nitrogen and oxygen atoms in total. The molecular weight excluding hydrogens is 256 g/mol. The zero-order valence-electron chi connectivity index (χ0n) is 11.4. The molecule has 0 aliphatic carbocycles. The number of nitrogens with one attached hydrogen (secondary N) is 1. The van der Waals surface area contributed by atoms with Gasteiger partial charge in [0.25, 0.3) is 0 Å². The molecule has 0 saturated carbocycles. The average molecular weight is 274 g/mol. The number of nitrogen functional groups attached to an aromatic ring is 1. The smallest absolute Gasteiger partial charge is 0.224 e. The van der Waals surface area contributed by atoms with Gasteiger partial charge in [0.2, 0.25) is 5.95 Å². The van der Waals surface area contributed by atoms with Crippen LogP contribution in [0.25, 0.3) is 17.1 Å². The third-order valence-corrected chi connectivity index (χ3v) is 3.62. The van der Waals surface area contributed by atoms with Gasteiger partial charge in [0, 0.05) is 13.1 Å². The molecule has 0 unspecified atom stereocenters. The number of nitrogens with two attached hydrogens (primary N) is 1. The van der Waals surface area contributed by atoms with Crippen molar-refractivity contribution in [2.24, 2.45) is 0 Å². The van der Waals surface area contributed by atoms with Crippen molar-refractivity contribution >= 4 is 28.9 Å². The van der Waals surface area contributed by atoms with Gasteiger partial charge in [-0.3, -0.25) is 5.10 Å². The van der Waals surface area contributed by atoms with E-state index in [1.807, 2.05) is 11.8 Å². The summed E-state index contributed by atoms with van der Waals surface area (Å²) < 4.78 is 0. The first-order valence-electron chi connectivity index (χ1n) is 6.61. The summed E-state index contributed by atoms with van der Waals surface area (Å²) >= 11 is 0. The summed E-state index contributed by atoms with van der Waals surface area (Å²) in [6.07, 6.45) is 3.37. The van der Waals surface area contributed by atoms with E-state index in [0.29, 0.717) is 18.0 Å². The van der Waals surface area contributed by atoms with Crippen LogP contribution in [0.4, 0.5) is 11.8 Å². The van der Waals surface area contributed by atoms with Crippen LogP contribution in [0.5, 0.6) is 0 Å². The van der Waals surface area contributed by atoms with Crippen molar-refractivity contribution in [2.45, 2.75) is 25.4 Å². The van der Waals surface area contributed by atoms with Crippen LogP contribution in [0, 0.1) is 0 Å². The van der Waals surface area contributed by atoms with Gasteiger partial charge in [-0.15, -0.1) is 0 Å². The summed E-state index contributed by atoms with van der Waals surface area (Å²) in [5.41, 5.74) is 6.32. The number of aromatic amines is 1. The summed E-state index contributed by atoms with van der Waals surface area (Å²) in [5.74, 6) is 0.885. The Labute approximate surface area is 116 Å². The fourth-order valence-electron chi connectivity index (χ4n) is 2.72. The summed E-state index contributed by atoms with van der Waals surface area (Å²) in [7, 11) is 0. The highest BCUT2D eigenvalue weighted by atomic mass is 16.3. The Hall–Kier alpha value is -2.15. The van der Waals surface area contributed by atoms with Gasteiger partial charge in [-0.05, 0) is 25.8 Å². The Morgan fingerprint density at radius 1 is 1.50 bits per heavy atom. The maximum Gasteiger partial charge on any atom is 0.224 e. The first-order chi connectivity index (χ1) is 9.50. The van der Waals surface area contributed by atoms with E-state index in [0.717, 1.165) is 30.5 Å². The molecule has 1 fully saturated rings. The summed E-state index contributed by atoms with van der Waals surface area (Å²) in [6.45, 7) is 6.94. The summed E-state index contributed by atoms with van der Waals surface area (Å²) in [4.78, 5) is 10.5. The van der Waals surface area contributed by atoms with Crippen LogP contribution in [-0.2, 0) is 0 Å². The molecule has 3 heterocycles. The van der Waals surface area contributed by atoms with E-state index in [-0.39, 0.29) is 5.95 Å². The minimum absolute atomic E-state index is 0.180. The van der Waals surface area contributed by atoms with E-state index in [1.54, 1.807) is 6.08 Å². The number of β-amino-alcohol motifs (C(OH)–C–C–N with tert-alkyl or cyclic N) is 1. The number of hydrogen-bond donors (Lipinski definition) is 3. The molecule has 1 aliphatic heterocycles. The molecule has 1 aliphatic rings. The number of piperidine rings is 1. The van der Waals surface area contributed by atoms with Crippen molar-refractivity contribution < 1.29 is 5.11 Å². The van der Waals surface area contributed by atoms with E-state index < -0.39 is 5.60 Å². The second-order valence-corrected chi connectivity index (χ2v) is 5.47. The molecule has 3 rings (SSSR count). The average Bonchev–Trinajstić information content (AvgIpc) is 2.79. The third kappa shape index (κ3) is 2.09. The standard InChI is InChI=1S/C13H18N6O/c1-3-8-9-10(18-17-8)15-12(14)16-11(9)19-6-4-5-13(2,20)7-19/h3,20H,1,4-7H2,2H3,(H3,14,15,16,17,18)/t13-/m0/s1. The molecule has 2 aromatic rings. The lowest BCUT2D eigenvalue weighted by molar-refractivity contribution is 0.0448. The van der Waals surface area contributed by atoms with Crippen LogP contribution in [-0.4, -0.2) is 44.0 Å². The number of fused-ring (bicyclic) bond motifs is 1. The molecule has 1 atom stereocenters. The number of aromatic nitrogens is 4. The SMILES string of the molecule is C=Cc1[nH]nc2nc(N)nc(N3CCC[C@](C)(O)C3)c12. The number of hydrogen-bond acceptors (Lipinski definition) is 6. The minimum Gasteiger partial charge on any atom is -0.388 e. The molecule has 0 aromatic carbocycles. The lowest BCUT2D eigenvalue weighted by atomic mass is 9.95. The van der Waals surface area contributed by atoms with Gasteiger partial charge in [-0.25, -0.2) is 0 Å². The molecule has 0 radical (unpaired) electrons. The van der Waals surface area contributed by atoms with Gasteiger partial charge in [0.1, 0.15) is 5.82 Å². The van der Waals surface area contributed by atoms with Gasteiger partial charge in [0.15, 0.2) is 5.65 Å². The Bertz CT molecular complexity index is 662. The lowest BCUT2D eigenvalue weighted by Gasteiger charge is -2.37. The van der Waals surface area contributed by atoms with Crippen molar-refractivity contribution in [3.63, 3.8) is 0 Å². The molecule has 0 spiro atoms. The van der Waals surface area contributed by atoms with Crippen molar-refractivity contribution in [1.82, 2.24) is 20.2 Å². The van der Waals surface area contributed by atoms with Crippen LogP contribution in [0.3, 0.4) is 0 Å². The zero-order valence-corrected chi connectivity index (χ0v) is 11.4. The molecule has 1 saturated heterocycles. The second-order valence-electron chi connectivity index (χ2n) is 5.47. The van der Waals surface area contributed by atoms with Crippen molar-refractivity contribution in [1.29, 1.82) is 0 Å². The molecule has 4 N–H and O–H groups in total. The summed E-state index contributed by atoms with van der Waals surface area (Å²) in [6, 6.07) is 0. The van der Waals surface area contributed by atoms with E-state index >= 15 is 0 Å². The monoisotopic (exact) mass is 274 g/mol. The number of anilines is 2. The Morgan fingerprint density at radius 3 is 3.00 bits per heavy atom. The molecule has 20 heavy (non-hydrogen) atoms. The van der Waals surface area contributed by atoms with Gasteiger partial charge >= 0.3 is 0 Å². The van der Waals surface area contributed by atoms with E-state index in [4.69, 9.17) is 5.73 Å². The van der Waals surface area contributed by atoms with Gasteiger partial charge in [0.05, 0.1) is 16.7 Å². The van der Waals surface area contributed by atoms with E-state index in [1.165, 1.54) is 0 Å². The first kappa shape index (κ1) is 12.9. The number of nitrogens with zero attached hydrogens (tertiary/aromatic N) is 4. The van der Waals surface area contributed by atoms with Crippen molar-refractivity contribution in [3.8, 4) is 0 Å². The lowest BCUT2D eigenvalue weighted by Crippen LogP contribution is -2.46. The fraction of sp³-hybridized carbons (Fsp3) is 0.462. The highest BCUT2D eigenvalue weighted by Crippen LogP contribution is 2.31. The maximum absolute atomic E-state index is 10.3. The zero-order chi connectivity index (χ0) is 14.3. The van der Waals surface area contributed by atoms with Crippen molar-refractivity contribution in [2.75, 3.05) is 23.7 Å². The van der Waals surface area contributed by atoms with Crippen LogP contribution < -0.4 is 10.6 Å². The molecule has 0 bridgehead atoms. The maximum atomic E-state index is 10.3. The molecule has 106 valence electrons. The number of aliphatic hydroxyl groups is 1. The predicted octanol–water partition coefficient (Wildman–Crippen LogP) is 0.929. The molecule has 2 aromatic heterocycles. The third-order valence-electron chi connectivity index (χ3n) is 3.62. The minimum atomic E-state index is -0.720. The van der Waals surface area contributed by atoms with Crippen LogP contribution >= 0.6 is 0 Å². The van der Waals surface area contributed by atoms with Gasteiger partial charge < -0.3 is 15.7 Å². The van der Waals surface area contributed by atoms with Crippen LogP contribution in [0.15, 0.2) is 6.58 Å². The normalized spacial score (nSPS) is 23.2. The quantitative estimate of drug-likeness (QED) is 0.752. The number of rotatable bonds is 2. The van der Waals surface area contributed by atoms with Crippen molar-refractivity contribution in [3.05, 3.63) is 12.3 Å². The molecule has 7 heteroatoms. The largest absolute Gasteiger partial charge is 0.388 e. The Kier molecular flexibility index (Phi) is 2.86. The molecule has 0 amide bonds. The summed E-state index contributed by atoms with van der Waals surface area (Å²) in [5, 5.41) is 18.1. The Morgan fingerprint density at radius 2 is 2.30 bits per heavy atom. The number of H-pyrrole nitrogens is 1. The topological polar surface area (TPSA) is 104 Å². The van der Waals surface area contributed by atoms with Gasteiger partial charge in [-0.1, -0.05) is 6.58 Å². The Balaban J connectivity index is 2.14.